The lowest BCUT2D eigenvalue weighted by molar-refractivity contribution is -0.385. The largest absolute Gasteiger partial charge is 0.478 e. The zero-order chi connectivity index (χ0) is 28.3. The van der Waals surface area contributed by atoms with Gasteiger partial charge in [0.05, 0.1) is 16.2 Å². The second kappa shape index (κ2) is 10.7. The molecular weight excluding hydrogens is 503 g/mol. The number of carboxylic acids is 1. The standard InChI is InChI=1S/C30H25FN2O6/c1-30(2,3)23-6-4-5-7-26(23)39-27-15-11-20(17-25(27)33(37)38)28(34)32-24-16-19(10-14-22(24)29(35)36)18-8-12-21(31)13-9-18/h4-17H,1-3H3,(H,32,34)(H,35,36). The van der Waals surface area contributed by atoms with Crippen LogP contribution in [0.5, 0.6) is 11.5 Å². The molecule has 0 bridgehead atoms. The first kappa shape index (κ1) is 27.0. The smallest absolute Gasteiger partial charge is 0.337 e. The van der Waals surface area contributed by atoms with Gasteiger partial charge in [-0.05, 0) is 59.0 Å². The minimum atomic E-state index is -1.27. The van der Waals surface area contributed by atoms with Crippen LogP contribution in [0.3, 0.4) is 0 Å². The Bertz CT molecular complexity index is 1580. The van der Waals surface area contributed by atoms with Crippen molar-refractivity contribution >= 4 is 23.3 Å². The molecule has 0 aliphatic carbocycles. The highest BCUT2D eigenvalue weighted by Crippen LogP contribution is 2.38. The number of nitrogens with one attached hydrogen (secondary N) is 1. The van der Waals surface area contributed by atoms with Crippen LogP contribution in [0, 0.1) is 15.9 Å². The van der Waals surface area contributed by atoms with Gasteiger partial charge >= 0.3 is 11.7 Å². The summed E-state index contributed by atoms with van der Waals surface area (Å²) in [5, 5.41) is 24.0. The van der Waals surface area contributed by atoms with E-state index in [0.29, 0.717) is 16.9 Å². The number of carbonyl (C=O) groups is 2. The van der Waals surface area contributed by atoms with E-state index in [1.165, 1.54) is 48.5 Å². The van der Waals surface area contributed by atoms with Crippen LogP contribution < -0.4 is 10.1 Å². The van der Waals surface area contributed by atoms with Crippen molar-refractivity contribution in [1.82, 2.24) is 0 Å². The number of nitro groups is 1. The Balaban J connectivity index is 1.66. The summed E-state index contributed by atoms with van der Waals surface area (Å²) in [7, 11) is 0. The van der Waals surface area contributed by atoms with Gasteiger partial charge in [-0.15, -0.1) is 0 Å². The van der Waals surface area contributed by atoms with E-state index in [-0.39, 0.29) is 28.0 Å². The molecule has 39 heavy (non-hydrogen) atoms. The molecule has 9 heteroatoms. The Morgan fingerprint density at radius 2 is 1.56 bits per heavy atom. The first-order valence-electron chi connectivity index (χ1n) is 11.9. The van der Waals surface area contributed by atoms with Crippen LogP contribution in [-0.4, -0.2) is 21.9 Å². The first-order valence-corrected chi connectivity index (χ1v) is 11.9. The summed E-state index contributed by atoms with van der Waals surface area (Å²) in [5.74, 6) is -2.04. The number of carboxylic acid groups (broad SMARTS) is 1. The van der Waals surface area contributed by atoms with Crippen molar-refractivity contribution in [3.05, 3.63) is 118 Å². The topological polar surface area (TPSA) is 119 Å². The predicted molar refractivity (Wildman–Crippen MR) is 145 cm³/mol. The number of amides is 1. The molecular formula is C30H25FN2O6. The number of ether oxygens (including phenoxy) is 1. The van der Waals surface area contributed by atoms with Crippen molar-refractivity contribution in [2.24, 2.45) is 0 Å². The van der Waals surface area contributed by atoms with E-state index >= 15 is 0 Å². The summed E-state index contributed by atoms with van der Waals surface area (Å²) in [5.41, 5.74) is 1.03. The summed E-state index contributed by atoms with van der Waals surface area (Å²) in [6, 6.07) is 20.9. The Morgan fingerprint density at radius 1 is 0.897 bits per heavy atom. The molecule has 0 atom stereocenters. The van der Waals surface area contributed by atoms with Crippen molar-refractivity contribution in [1.29, 1.82) is 0 Å². The van der Waals surface area contributed by atoms with E-state index in [2.05, 4.69) is 5.32 Å². The van der Waals surface area contributed by atoms with Crippen LogP contribution >= 0.6 is 0 Å². The molecule has 8 nitrogen and oxygen atoms in total. The number of benzene rings is 4. The van der Waals surface area contributed by atoms with Gasteiger partial charge in [-0.3, -0.25) is 14.9 Å². The van der Waals surface area contributed by atoms with Crippen molar-refractivity contribution in [2.45, 2.75) is 26.2 Å². The van der Waals surface area contributed by atoms with Gasteiger partial charge in [-0.25, -0.2) is 9.18 Å². The summed E-state index contributed by atoms with van der Waals surface area (Å²) in [6.45, 7) is 5.98. The summed E-state index contributed by atoms with van der Waals surface area (Å²) >= 11 is 0. The fraction of sp³-hybridized carbons (Fsp3) is 0.133. The molecule has 0 aliphatic heterocycles. The molecule has 2 N–H and O–H groups in total. The molecule has 0 radical (unpaired) electrons. The zero-order valence-electron chi connectivity index (χ0n) is 21.4. The molecule has 4 aromatic carbocycles. The Labute approximate surface area is 223 Å². The summed E-state index contributed by atoms with van der Waals surface area (Å²) < 4.78 is 19.3. The third kappa shape index (κ3) is 6.10. The van der Waals surface area contributed by atoms with Crippen LogP contribution in [0.25, 0.3) is 11.1 Å². The van der Waals surface area contributed by atoms with Crippen molar-refractivity contribution in [2.75, 3.05) is 5.32 Å². The van der Waals surface area contributed by atoms with Gasteiger partial charge < -0.3 is 15.2 Å². The molecule has 0 unspecified atom stereocenters. The van der Waals surface area contributed by atoms with Crippen LogP contribution in [0.15, 0.2) is 84.9 Å². The van der Waals surface area contributed by atoms with Crippen LogP contribution in [0.2, 0.25) is 0 Å². The van der Waals surface area contributed by atoms with E-state index in [1.807, 2.05) is 32.9 Å². The SMILES string of the molecule is CC(C)(C)c1ccccc1Oc1ccc(C(=O)Nc2cc(-c3ccc(F)cc3)ccc2C(=O)O)cc1[N+](=O)[O-]. The molecule has 0 aromatic heterocycles. The van der Waals surface area contributed by atoms with Crippen molar-refractivity contribution < 1.29 is 28.7 Å². The molecule has 0 spiro atoms. The Hall–Kier alpha value is -5.05. The third-order valence-electron chi connectivity index (χ3n) is 6.01. The van der Waals surface area contributed by atoms with E-state index in [0.717, 1.165) is 11.6 Å². The average molecular weight is 529 g/mol. The molecule has 0 heterocycles. The molecule has 0 fully saturated rings. The highest BCUT2D eigenvalue weighted by Gasteiger charge is 2.24. The Kier molecular flexibility index (Phi) is 7.44. The highest BCUT2D eigenvalue weighted by molar-refractivity contribution is 6.08. The third-order valence-corrected chi connectivity index (χ3v) is 6.01. The number of nitrogens with zero attached hydrogens (tertiary/aromatic N) is 1. The van der Waals surface area contributed by atoms with Gasteiger partial charge in [0, 0.05) is 17.2 Å². The van der Waals surface area contributed by atoms with Gasteiger partial charge in [0.1, 0.15) is 11.6 Å². The fourth-order valence-electron chi connectivity index (χ4n) is 4.03. The van der Waals surface area contributed by atoms with Crippen LogP contribution in [0.4, 0.5) is 15.8 Å². The number of nitro benzene ring substituents is 1. The maximum absolute atomic E-state index is 13.3. The van der Waals surface area contributed by atoms with Gasteiger partial charge in [-0.1, -0.05) is 57.2 Å². The molecule has 0 saturated carbocycles. The number of rotatable bonds is 7. The van der Waals surface area contributed by atoms with Crippen molar-refractivity contribution in [3.8, 4) is 22.6 Å². The quantitative estimate of drug-likeness (QED) is 0.190. The van der Waals surface area contributed by atoms with E-state index in [1.54, 1.807) is 18.2 Å². The number of aromatic carboxylic acids is 1. The number of halogens is 1. The van der Waals surface area contributed by atoms with E-state index < -0.39 is 28.3 Å². The molecule has 1 amide bonds. The minimum absolute atomic E-state index is 0.0172. The monoisotopic (exact) mass is 528 g/mol. The molecule has 4 aromatic rings. The number of anilines is 1. The second-order valence-electron chi connectivity index (χ2n) is 9.81. The van der Waals surface area contributed by atoms with Gasteiger partial charge in [-0.2, -0.15) is 0 Å². The average Bonchev–Trinajstić information content (AvgIpc) is 2.88. The van der Waals surface area contributed by atoms with E-state index in [4.69, 9.17) is 4.74 Å². The molecule has 0 saturated heterocycles. The second-order valence-corrected chi connectivity index (χ2v) is 9.81. The fourth-order valence-corrected chi connectivity index (χ4v) is 4.03. The maximum atomic E-state index is 13.3. The molecule has 4 rings (SSSR count). The van der Waals surface area contributed by atoms with Gasteiger partial charge in [0.15, 0.2) is 0 Å². The van der Waals surface area contributed by atoms with Crippen molar-refractivity contribution in [3.63, 3.8) is 0 Å². The normalized spacial score (nSPS) is 11.1. The zero-order valence-corrected chi connectivity index (χ0v) is 21.4. The molecule has 0 aliphatic rings. The number of hydrogen-bond donors (Lipinski definition) is 2. The van der Waals surface area contributed by atoms with Crippen LogP contribution in [-0.2, 0) is 5.41 Å². The minimum Gasteiger partial charge on any atom is -0.478 e. The summed E-state index contributed by atoms with van der Waals surface area (Å²) in [6.07, 6.45) is 0. The maximum Gasteiger partial charge on any atom is 0.337 e. The van der Waals surface area contributed by atoms with E-state index in [9.17, 15) is 29.2 Å². The first-order chi connectivity index (χ1) is 18.4. The van der Waals surface area contributed by atoms with Crippen LogP contribution in [0.1, 0.15) is 47.1 Å². The number of para-hydroxylation sites is 1. The lowest BCUT2D eigenvalue weighted by Crippen LogP contribution is -2.15. The highest BCUT2D eigenvalue weighted by atomic mass is 19.1. The lowest BCUT2D eigenvalue weighted by atomic mass is 9.86. The number of carbonyl (C=O) groups excluding carboxylic acids is 1. The summed E-state index contributed by atoms with van der Waals surface area (Å²) in [4.78, 5) is 36.1. The van der Waals surface area contributed by atoms with Gasteiger partial charge in [0.25, 0.3) is 5.91 Å². The molecule has 198 valence electrons. The van der Waals surface area contributed by atoms with Gasteiger partial charge in [0.2, 0.25) is 5.75 Å². The Morgan fingerprint density at radius 3 is 2.21 bits per heavy atom. The lowest BCUT2D eigenvalue weighted by Gasteiger charge is -2.22. The number of hydrogen-bond acceptors (Lipinski definition) is 5. The predicted octanol–water partition coefficient (Wildman–Crippen LogP) is 7.44.